The number of aromatic nitrogens is 1. The highest BCUT2D eigenvalue weighted by atomic mass is 79.9. The van der Waals surface area contributed by atoms with E-state index in [4.69, 9.17) is 11.0 Å². The summed E-state index contributed by atoms with van der Waals surface area (Å²) in [5, 5.41) is 8.57. The van der Waals surface area contributed by atoms with Gasteiger partial charge >= 0.3 is 0 Å². The Labute approximate surface area is 94.0 Å². The van der Waals surface area contributed by atoms with Gasteiger partial charge in [0, 0.05) is 17.2 Å². The minimum absolute atomic E-state index is 0.0371. The summed E-state index contributed by atoms with van der Waals surface area (Å²) in [6.45, 7) is 0.173. The van der Waals surface area contributed by atoms with E-state index >= 15 is 0 Å². The quantitative estimate of drug-likeness (QED) is 0.921. The van der Waals surface area contributed by atoms with E-state index in [1.807, 2.05) is 6.07 Å². The number of halogens is 3. The van der Waals surface area contributed by atoms with E-state index in [1.165, 1.54) is 6.20 Å². The molecule has 0 aliphatic heterocycles. The van der Waals surface area contributed by atoms with Gasteiger partial charge in [-0.3, -0.25) is 4.98 Å². The largest absolute Gasteiger partial charge is 0.326 e. The van der Waals surface area contributed by atoms with Crippen molar-refractivity contribution in [3.63, 3.8) is 0 Å². The van der Waals surface area contributed by atoms with E-state index in [9.17, 15) is 8.78 Å². The van der Waals surface area contributed by atoms with Crippen molar-refractivity contribution in [1.29, 1.82) is 5.26 Å². The van der Waals surface area contributed by atoms with Crippen LogP contribution in [0.5, 0.6) is 0 Å². The van der Waals surface area contributed by atoms with Crippen LogP contribution in [0.15, 0.2) is 10.7 Å². The molecule has 0 radical (unpaired) electrons. The zero-order valence-corrected chi connectivity index (χ0v) is 9.26. The first-order valence-corrected chi connectivity index (χ1v) is 4.92. The van der Waals surface area contributed by atoms with Crippen LogP contribution in [0.4, 0.5) is 8.78 Å². The van der Waals surface area contributed by atoms with Crippen molar-refractivity contribution < 1.29 is 8.78 Å². The highest BCUT2D eigenvalue weighted by Gasteiger charge is 2.18. The summed E-state index contributed by atoms with van der Waals surface area (Å²) in [7, 11) is 0. The van der Waals surface area contributed by atoms with Crippen LogP contribution in [0.2, 0.25) is 0 Å². The van der Waals surface area contributed by atoms with E-state index in [0.29, 0.717) is 11.1 Å². The lowest BCUT2D eigenvalue weighted by Crippen LogP contribution is -2.06. The lowest BCUT2D eigenvalue weighted by Gasteiger charge is -2.10. The molecule has 0 unspecified atom stereocenters. The van der Waals surface area contributed by atoms with Gasteiger partial charge in [0.15, 0.2) is 0 Å². The minimum Gasteiger partial charge on any atom is -0.326 e. The summed E-state index contributed by atoms with van der Waals surface area (Å²) in [5.41, 5.74) is 6.16. The number of rotatable bonds is 3. The molecule has 3 nitrogen and oxygen atoms in total. The summed E-state index contributed by atoms with van der Waals surface area (Å²) >= 11 is 3.03. The fourth-order valence-corrected chi connectivity index (χ4v) is 1.85. The zero-order chi connectivity index (χ0) is 11.4. The second kappa shape index (κ2) is 5.14. The maximum atomic E-state index is 12.5. The molecule has 15 heavy (non-hydrogen) atoms. The first-order chi connectivity index (χ1) is 7.11. The van der Waals surface area contributed by atoms with Gasteiger partial charge in [-0.2, -0.15) is 5.26 Å². The highest BCUT2D eigenvalue weighted by molar-refractivity contribution is 9.10. The van der Waals surface area contributed by atoms with Crippen molar-refractivity contribution in [3.05, 3.63) is 27.5 Å². The second-order valence-corrected chi connectivity index (χ2v) is 3.59. The molecule has 80 valence electrons. The molecule has 0 bridgehead atoms. The van der Waals surface area contributed by atoms with Crippen LogP contribution in [-0.4, -0.2) is 4.98 Å². The Balaban J connectivity index is 3.30. The zero-order valence-electron chi connectivity index (χ0n) is 7.67. The summed E-state index contributed by atoms with van der Waals surface area (Å²) < 4.78 is 25.1. The number of alkyl halides is 2. The van der Waals surface area contributed by atoms with Gasteiger partial charge in [-0.1, -0.05) is 0 Å². The monoisotopic (exact) mass is 275 g/mol. The Kier molecular flexibility index (Phi) is 4.12. The fraction of sp³-hybridized carbons (Fsp3) is 0.333. The van der Waals surface area contributed by atoms with E-state index in [2.05, 4.69) is 20.9 Å². The topological polar surface area (TPSA) is 62.7 Å². The molecule has 0 atom stereocenters. The van der Waals surface area contributed by atoms with Crippen molar-refractivity contribution in [3.8, 4) is 6.07 Å². The van der Waals surface area contributed by atoms with Gasteiger partial charge < -0.3 is 5.73 Å². The number of nitriles is 1. The van der Waals surface area contributed by atoms with Crippen molar-refractivity contribution in [2.45, 2.75) is 19.4 Å². The number of hydrogen-bond donors (Lipinski definition) is 1. The van der Waals surface area contributed by atoms with Gasteiger partial charge in [-0.15, -0.1) is 0 Å². The smallest absolute Gasteiger partial charge is 0.281 e. The van der Waals surface area contributed by atoms with E-state index in [-0.39, 0.29) is 23.1 Å². The predicted octanol–water partition coefficient (Wildman–Crippen LogP) is 2.31. The molecule has 1 rings (SSSR count). The Morgan fingerprint density at radius 2 is 2.27 bits per heavy atom. The molecule has 0 fully saturated rings. The average Bonchev–Trinajstić information content (AvgIpc) is 2.20. The first-order valence-electron chi connectivity index (χ1n) is 4.13. The third-order valence-electron chi connectivity index (χ3n) is 1.92. The van der Waals surface area contributed by atoms with Gasteiger partial charge in [0.1, 0.15) is 5.69 Å². The summed E-state index contributed by atoms with van der Waals surface area (Å²) in [6.07, 6.45) is -1.34. The number of nitrogens with zero attached hydrogens (tertiary/aromatic N) is 2. The van der Waals surface area contributed by atoms with Gasteiger partial charge in [-0.25, -0.2) is 8.78 Å². The summed E-state index contributed by atoms with van der Waals surface area (Å²) in [4.78, 5) is 3.61. The molecule has 0 spiro atoms. The van der Waals surface area contributed by atoms with Crippen LogP contribution in [0.25, 0.3) is 0 Å². The molecule has 1 aromatic rings. The lowest BCUT2D eigenvalue weighted by atomic mass is 10.1. The third kappa shape index (κ3) is 2.49. The van der Waals surface area contributed by atoms with Crippen LogP contribution in [0.3, 0.4) is 0 Å². The summed E-state index contributed by atoms with van der Waals surface area (Å²) in [6, 6.07) is 1.91. The van der Waals surface area contributed by atoms with Crippen LogP contribution in [-0.2, 0) is 13.0 Å². The first kappa shape index (κ1) is 12.0. The molecule has 6 heteroatoms. The van der Waals surface area contributed by atoms with Crippen LogP contribution >= 0.6 is 15.9 Å². The molecule has 0 aliphatic rings. The highest BCUT2D eigenvalue weighted by Crippen LogP contribution is 2.30. The molecule has 0 amide bonds. The second-order valence-electron chi connectivity index (χ2n) is 2.80. The molecule has 1 aromatic heterocycles. The molecule has 0 aromatic carbocycles. The van der Waals surface area contributed by atoms with Gasteiger partial charge in [0.05, 0.1) is 12.5 Å². The molecular formula is C9H8BrF2N3. The molecule has 1 heterocycles. The molecule has 0 aliphatic carbocycles. The normalized spacial score (nSPS) is 10.4. The van der Waals surface area contributed by atoms with Crippen molar-refractivity contribution in [2.75, 3.05) is 0 Å². The molecule has 0 saturated carbocycles. The van der Waals surface area contributed by atoms with E-state index in [1.54, 1.807) is 0 Å². The van der Waals surface area contributed by atoms with Crippen LogP contribution < -0.4 is 5.73 Å². The van der Waals surface area contributed by atoms with Crippen LogP contribution in [0, 0.1) is 11.3 Å². The molecule has 0 saturated heterocycles. The number of nitrogens with two attached hydrogens (primary N) is 1. The van der Waals surface area contributed by atoms with Crippen molar-refractivity contribution in [1.82, 2.24) is 4.98 Å². The Morgan fingerprint density at radius 1 is 1.60 bits per heavy atom. The van der Waals surface area contributed by atoms with E-state index in [0.717, 1.165) is 0 Å². The van der Waals surface area contributed by atoms with Crippen LogP contribution in [0.1, 0.15) is 23.2 Å². The fourth-order valence-electron chi connectivity index (χ4n) is 1.18. The molecular weight excluding hydrogens is 268 g/mol. The Bertz CT molecular complexity index is 401. The minimum atomic E-state index is -2.66. The van der Waals surface area contributed by atoms with Gasteiger partial charge in [0.2, 0.25) is 0 Å². The third-order valence-corrected chi connectivity index (χ3v) is 2.80. The maximum Gasteiger partial charge on any atom is 0.281 e. The molecule has 2 N–H and O–H groups in total. The predicted molar refractivity (Wildman–Crippen MR) is 54.1 cm³/mol. The number of hydrogen-bond acceptors (Lipinski definition) is 3. The maximum absolute atomic E-state index is 12.5. The Hall–Kier alpha value is -1.06. The van der Waals surface area contributed by atoms with Crippen molar-refractivity contribution in [2.24, 2.45) is 5.73 Å². The van der Waals surface area contributed by atoms with E-state index < -0.39 is 6.43 Å². The average molecular weight is 276 g/mol. The lowest BCUT2D eigenvalue weighted by molar-refractivity contribution is 0.145. The van der Waals surface area contributed by atoms with Gasteiger partial charge in [0.25, 0.3) is 6.43 Å². The van der Waals surface area contributed by atoms with Gasteiger partial charge in [-0.05, 0) is 27.1 Å². The number of pyridine rings is 1. The standard InChI is InChI=1S/C9H8BrF2N3/c10-7-6(1-2-13)5(3-14)4-15-8(7)9(11)12/h4,9H,1,3,14H2. The Morgan fingerprint density at radius 3 is 2.73 bits per heavy atom. The summed E-state index contributed by atoms with van der Waals surface area (Å²) in [5.74, 6) is 0. The van der Waals surface area contributed by atoms with Crippen molar-refractivity contribution >= 4 is 15.9 Å². The SMILES string of the molecule is N#CCc1c(CN)cnc(C(F)F)c1Br.